The van der Waals surface area contributed by atoms with Crippen LogP contribution < -0.4 is 5.32 Å². The van der Waals surface area contributed by atoms with Crippen LogP contribution in [-0.4, -0.2) is 34.7 Å². The molecule has 3 rings (SSSR count). The monoisotopic (exact) mass is 222 g/mol. The maximum Gasteiger partial charge on any atom is 0.249 e. The van der Waals surface area contributed by atoms with Crippen LogP contribution in [0.15, 0.2) is 0 Å². The van der Waals surface area contributed by atoms with Gasteiger partial charge in [0.1, 0.15) is 6.04 Å². The highest BCUT2D eigenvalue weighted by atomic mass is 16.2. The van der Waals surface area contributed by atoms with Gasteiger partial charge in [-0.2, -0.15) is 0 Å². The molecular weight excluding hydrogens is 208 g/mol. The molecule has 1 N–H and O–H groups in total. The summed E-state index contributed by atoms with van der Waals surface area (Å²) >= 11 is 0. The highest BCUT2D eigenvalue weighted by Crippen LogP contribution is 2.38. The number of hydrogen-bond acceptors (Lipinski definition) is 3. The molecule has 3 aliphatic rings. The first-order chi connectivity index (χ1) is 7.66. The van der Waals surface area contributed by atoms with Gasteiger partial charge >= 0.3 is 0 Å². The molecule has 5 heteroatoms. The van der Waals surface area contributed by atoms with Gasteiger partial charge in [0.05, 0.1) is 6.42 Å². The maximum absolute atomic E-state index is 12.1. The minimum Gasteiger partial charge on any atom is -0.327 e. The molecule has 5 nitrogen and oxygen atoms in total. The van der Waals surface area contributed by atoms with E-state index in [9.17, 15) is 14.4 Å². The topological polar surface area (TPSA) is 66.5 Å². The molecule has 1 heterocycles. The summed E-state index contributed by atoms with van der Waals surface area (Å²) in [6.45, 7) is 0. The van der Waals surface area contributed by atoms with Crippen molar-refractivity contribution in [2.24, 2.45) is 5.92 Å². The van der Waals surface area contributed by atoms with Gasteiger partial charge in [0.25, 0.3) is 0 Å². The first-order valence-electron chi connectivity index (χ1n) is 5.82. The Balaban J connectivity index is 1.79. The van der Waals surface area contributed by atoms with E-state index in [1.54, 1.807) is 4.90 Å². The molecule has 2 saturated carbocycles. The van der Waals surface area contributed by atoms with Crippen LogP contribution in [0.25, 0.3) is 0 Å². The van der Waals surface area contributed by atoms with Crippen molar-refractivity contribution in [1.82, 2.24) is 10.2 Å². The lowest BCUT2D eigenvalue weighted by Crippen LogP contribution is -2.46. The fourth-order valence-corrected chi connectivity index (χ4v) is 2.25. The van der Waals surface area contributed by atoms with Crippen LogP contribution in [0.3, 0.4) is 0 Å². The largest absolute Gasteiger partial charge is 0.327 e. The summed E-state index contributed by atoms with van der Waals surface area (Å²) in [5, 5.41) is 2.27. The third kappa shape index (κ3) is 1.60. The van der Waals surface area contributed by atoms with Crippen molar-refractivity contribution in [2.75, 3.05) is 0 Å². The predicted octanol–water partition coefficient (Wildman–Crippen LogP) is -0.197. The van der Waals surface area contributed by atoms with E-state index in [1.165, 1.54) is 0 Å². The zero-order chi connectivity index (χ0) is 11.3. The standard InChI is InChI=1S/C11H14N2O3/c14-9-5-8(10(15)12-9)13(7-3-4-7)11(16)6-1-2-6/h6-8H,1-5H2,(H,12,14,15)/t8-/m0/s1. The van der Waals surface area contributed by atoms with Gasteiger partial charge in [0.2, 0.25) is 17.7 Å². The summed E-state index contributed by atoms with van der Waals surface area (Å²) in [5.41, 5.74) is 0. The molecule has 0 aromatic rings. The van der Waals surface area contributed by atoms with Crippen LogP contribution in [-0.2, 0) is 14.4 Å². The van der Waals surface area contributed by atoms with E-state index in [1.807, 2.05) is 0 Å². The Morgan fingerprint density at radius 1 is 1.19 bits per heavy atom. The molecule has 1 aliphatic heterocycles. The first-order valence-corrected chi connectivity index (χ1v) is 5.82. The smallest absolute Gasteiger partial charge is 0.249 e. The molecule has 2 aliphatic carbocycles. The number of nitrogens with one attached hydrogen (secondary N) is 1. The summed E-state index contributed by atoms with van der Waals surface area (Å²) in [4.78, 5) is 36.5. The number of rotatable bonds is 3. The molecule has 0 radical (unpaired) electrons. The lowest BCUT2D eigenvalue weighted by Gasteiger charge is -2.26. The van der Waals surface area contributed by atoms with Gasteiger partial charge in [-0.3, -0.25) is 19.7 Å². The number of carbonyl (C=O) groups excluding carboxylic acids is 3. The second kappa shape index (κ2) is 3.30. The Morgan fingerprint density at radius 2 is 1.88 bits per heavy atom. The summed E-state index contributed by atoms with van der Waals surface area (Å²) in [7, 11) is 0. The molecule has 1 atom stereocenters. The molecule has 86 valence electrons. The molecule has 3 fully saturated rings. The Morgan fingerprint density at radius 3 is 2.31 bits per heavy atom. The van der Waals surface area contributed by atoms with Gasteiger partial charge in [-0.15, -0.1) is 0 Å². The van der Waals surface area contributed by atoms with E-state index in [0.717, 1.165) is 25.7 Å². The van der Waals surface area contributed by atoms with Gasteiger partial charge in [0.15, 0.2) is 0 Å². The van der Waals surface area contributed by atoms with Crippen LogP contribution in [0.1, 0.15) is 32.1 Å². The van der Waals surface area contributed by atoms with Crippen molar-refractivity contribution in [2.45, 2.75) is 44.2 Å². The molecule has 16 heavy (non-hydrogen) atoms. The Kier molecular flexibility index (Phi) is 2.02. The van der Waals surface area contributed by atoms with Gasteiger partial charge in [-0.1, -0.05) is 0 Å². The van der Waals surface area contributed by atoms with Crippen molar-refractivity contribution < 1.29 is 14.4 Å². The van der Waals surface area contributed by atoms with Crippen molar-refractivity contribution in [1.29, 1.82) is 0 Å². The molecule has 1 saturated heterocycles. The average Bonchev–Trinajstić information content (AvgIpc) is 3.10. The Labute approximate surface area is 93.2 Å². The van der Waals surface area contributed by atoms with Gasteiger partial charge in [-0.25, -0.2) is 0 Å². The minimum absolute atomic E-state index is 0.0809. The van der Waals surface area contributed by atoms with E-state index >= 15 is 0 Å². The van der Waals surface area contributed by atoms with E-state index < -0.39 is 6.04 Å². The summed E-state index contributed by atoms with van der Waals surface area (Å²) in [6, 6.07) is -0.331. The predicted molar refractivity (Wildman–Crippen MR) is 54.1 cm³/mol. The number of imide groups is 1. The second-order valence-corrected chi connectivity index (χ2v) is 4.88. The van der Waals surface area contributed by atoms with E-state index in [0.29, 0.717) is 0 Å². The summed E-state index contributed by atoms with van der Waals surface area (Å²) < 4.78 is 0. The normalized spacial score (nSPS) is 29.1. The van der Waals surface area contributed by atoms with Crippen LogP contribution in [0.4, 0.5) is 0 Å². The van der Waals surface area contributed by atoms with E-state index in [4.69, 9.17) is 0 Å². The molecule has 0 unspecified atom stereocenters. The van der Waals surface area contributed by atoms with Crippen LogP contribution >= 0.6 is 0 Å². The maximum atomic E-state index is 12.1. The summed E-state index contributed by atoms with van der Waals surface area (Å²) in [6.07, 6.45) is 3.95. The van der Waals surface area contributed by atoms with Gasteiger partial charge < -0.3 is 4.90 Å². The third-order valence-corrected chi connectivity index (χ3v) is 3.40. The number of nitrogens with zero attached hydrogens (tertiary/aromatic N) is 1. The SMILES string of the molecule is O=C1C[C@H](N(C(=O)C2CC2)C2CC2)C(=O)N1. The second-order valence-electron chi connectivity index (χ2n) is 4.88. The van der Waals surface area contributed by atoms with Crippen LogP contribution in [0.5, 0.6) is 0 Å². The molecule has 0 bridgehead atoms. The minimum atomic E-state index is -0.534. The zero-order valence-corrected chi connectivity index (χ0v) is 8.94. The Bertz CT molecular complexity index is 371. The fourth-order valence-electron chi connectivity index (χ4n) is 2.25. The van der Waals surface area contributed by atoms with Crippen molar-refractivity contribution in [3.05, 3.63) is 0 Å². The van der Waals surface area contributed by atoms with Crippen molar-refractivity contribution in [3.8, 4) is 0 Å². The molecule has 0 spiro atoms. The molecular formula is C11H14N2O3. The molecule has 0 aromatic heterocycles. The number of carbonyl (C=O) groups is 3. The van der Waals surface area contributed by atoms with Gasteiger partial charge in [0, 0.05) is 12.0 Å². The third-order valence-electron chi connectivity index (χ3n) is 3.40. The van der Waals surface area contributed by atoms with Crippen molar-refractivity contribution >= 4 is 17.7 Å². The van der Waals surface area contributed by atoms with E-state index in [-0.39, 0.29) is 36.1 Å². The highest BCUT2D eigenvalue weighted by molar-refractivity contribution is 6.07. The summed E-state index contributed by atoms with van der Waals surface area (Å²) in [5.74, 6) is -0.364. The first kappa shape index (κ1) is 9.81. The number of hydrogen-bond donors (Lipinski definition) is 1. The lowest BCUT2D eigenvalue weighted by atomic mass is 10.1. The van der Waals surface area contributed by atoms with E-state index in [2.05, 4.69) is 5.32 Å². The average molecular weight is 222 g/mol. The van der Waals surface area contributed by atoms with Crippen LogP contribution in [0.2, 0.25) is 0 Å². The van der Waals surface area contributed by atoms with Gasteiger partial charge in [-0.05, 0) is 25.7 Å². The highest BCUT2D eigenvalue weighted by Gasteiger charge is 2.47. The van der Waals surface area contributed by atoms with Crippen LogP contribution in [0, 0.1) is 5.92 Å². The lowest BCUT2D eigenvalue weighted by molar-refractivity contribution is -0.140. The molecule has 0 aromatic carbocycles. The quantitative estimate of drug-likeness (QED) is 0.673. The fraction of sp³-hybridized carbons (Fsp3) is 0.727. The number of amides is 3. The van der Waals surface area contributed by atoms with Crippen molar-refractivity contribution in [3.63, 3.8) is 0 Å². The Hall–Kier alpha value is -1.39. The molecule has 3 amide bonds. The zero-order valence-electron chi connectivity index (χ0n) is 8.94.